The molecule has 0 aromatic heterocycles. The van der Waals surface area contributed by atoms with Crippen molar-refractivity contribution in [2.24, 2.45) is 0 Å². The van der Waals surface area contributed by atoms with Gasteiger partial charge >= 0.3 is 0 Å². The van der Waals surface area contributed by atoms with Crippen LogP contribution in [0.15, 0.2) is 48.5 Å². The maximum absolute atomic E-state index is 12.5. The normalized spacial score (nSPS) is 10.2. The van der Waals surface area contributed by atoms with Crippen LogP contribution in [0.5, 0.6) is 5.75 Å². The SMILES string of the molecule is CCOc1ccccc1C(=O)CN(C)c1ccc(C)cc1. The highest BCUT2D eigenvalue weighted by Crippen LogP contribution is 2.20. The Morgan fingerprint density at radius 1 is 1.10 bits per heavy atom. The Hall–Kier alpha value is -2.29. The molecule has 0 radical (unpaired) electrons. The molecule has 0 amide bonds. The number of carbonyl (C=O) groups excluding carboxylic acids is 1. The van der Waals surface area contributed by atoms with Gasteiger partial charge in [0.1, 0.15) is 5.75 Å². The van der Waals surface area contributed by atoms with Gasteiger partial charge in [0.2, 0.25) is 0 Å². The lowest BCUT2D eigenvalue weighted by Gasteiger charge is -2.19. The van der Waals surface area contributed by atoms with Crippen molar-refractivity contribution in [2.75, 3.05) is 25.1 Å². The second-order valence-corrected chi connectivity index (χ2v) is 5.04. The van der Waals surface area contributed by atoms with E-state index in [0.29, 0.717) is 24.5 Å². The predicted octanol–water partition coefficient (Wildman–Crippen LogP) is 3.71. The molecule has 21 heavy (non-hydrogen) atoms. The first kappa shape index (κ1) is 15.1. The van der Waals surface area contributed by atoms with Gasteiger partial charge in [0.05, 0.1) is 18.7 Å². The second-order valence-electron chi connectivity index (χ2n) is 5.04. The molecule has 0 saturated heterocycles. The van der Waals surface area contributed by atoms with E-state index in [2.05, 4.69) is 0 Å². The van der Waals surface area contributed by atoms with Crippen LogP contribution < -0.4 is 9.64 Å². The minimum atomic E-state index is 0.0575. The molecule has 0 N–H and O–H groups in total. The first-order valence-electron chi connectivity index (χ1n) is 7.14. The molecule has 2 rings (SSSR count). The molecule has 2 aromatic rings. The van der Waals surface area contributed by atoms with Gasteiger partial charge in [-0.2, -0.15) is 0 Å². The lowest BCUT2D eigenvalue weighted by atomic mass is 10.1. The van der Waals surface area contributed by atoms with Crippen LogP contribution in [0.4, 0.5) is 5.69 Å². The van der Waals surface area contributed by atoms with Gasteiger partial charge in [-0.1, -0.05) is 29.8 Å². The summed E-state index contributed by atoms with van der Waals surface area (Å²) in [5.74, 6) is 0.712. The summed E-state index contributed by atoms with van der Waals surface area (Å²) in [6.07, 6.45) is 0. The van der Waals surface area contributed by atoms with Crippen LogP contribution in [0.1, 0.15) is 22.8 Å². The first-order chi connectivity index (χ1) is 10.1. The summed E-state index contributed by atoms with van der Waals surface area (Å²) in [7, 11) is 1.92. The van der Waals surface area contributed by atoms with Gasteiger partial charge in [0, 0.05) is 12.7 Å². The van der Waals surface area contributed by atoms with Gasteiger partial charge < -0.3 is 9.64 Å². The van der Waals surface area contributed by atoms with Crippen LogP contribution in [-0.2, 0) is 0 Å². The maximum atomic E-state index is 12.5. The van der Waals surface area contributed by atoms with Crippen LogP contribution in [0.25, 0.3) is 0 Å². The maximum Gasteiger partial charge on any atom is 0.185 e. The Labute approximate surface area is 126 Å². The van der Waals surface area contributed by atoms with E-state index in [1.165, 1.54) is 5.56 Å². The van der Waals surface area contributed by atoms with Crippen LogP contribution in [0.2, 0.25) is 0 Å². The third-order valence-electron chi connectivity index (χ3n) is 3.34. The minimum Gasteiger partial charge on any atom is -0.493 e. The summed E-state index contributed by atoms with van der Waals surface area (Å²) >= 11 is 0. The topological polar surface area (TPSA) is 29.5 Å². The van der Waals surface area contributed by atoms with Crippen LogP contribution in [0.3, 0.4) is 0 Å². The molecule has 3 heteroatoms. The van der Waals surface area contributed by atoms with E-state index in [1.54, 1.807) is 0 Å². The molecule has 0 unspecified atom stereocenters. The fourth-order valence-electron chi connectivity index (χ4n) is 2.17. The van der Waals surface area contributed by atoms with E-state index in [1.807, 2.05) is 74.3 Å². The first-order valence-corrected chi connectivity index (χ1v) is 7.14. The van der Waals surface area contributed by atoms with E-state index in [9.17, 15) is 4.79 Å². The third kappa shape index (κ3) is 3.85. The highest BCUT2D eigenvalue weighted by Gasteiger charge is 2.14. The summed E-state index contributed by atoms with van der Waals surface area (Å²) in [4.78, 5) is 14.4. The number of ether oxygens (including phenoxy) is 1. The Balaban J connectivity index is 2.12. The largest absolute Gasteiger partial charge is 0.493 e. The van der Waals surface area contributed by atoms with Gasteiger partial charge in [-0.25, -0.2) is 0 Å². The summed E-state index contributed by atoms with van der Waals surface area (Å²) in [6.45, 7) is 4.85. The molecule has 0 atom stereocenters. The number of anilines is 1. The lowest BCUT2D eigenvalue weighted by Crippen LogP contribution is -2.25. The highest BCUT2D eigenvalue weighted by molar-refractivity contribution is 6.01. The van der Waals surface area contributed by atoms with E-state index >= 15 is 0 Å². The minimum absolute atomic E-state index is 0.0575. The van der Waals surface area contributed by atoms with Crippen LogP contribution >= 0.6 is 0 Å². The van der Waals surface area contributed by atoms with Crippen molar-refractivity contribution >= 4 is 11.5 Å². The zero-order chi connectivity index (χ0) is 15.2. The number of ketones is 1. The number of hydrogen-bond donors (Lipinski definition) is 0. The third-order valence-corrected chi connectivity index (χ3v) is 3.34. The summed E-state index contributed by atoms with van der Waals surface area (Å²) in [5, 5.41) is 0. The fourth-order valence-corrected chi connectivity index (χ4v) is 2.17. The number of Topliss-reactive ketones (excluding diaryl/α,β-unsaturated/α-hetero) is 1. The molecule has 0 fully saturated rings. The Morgan fingerprint density at radius 2 is 1.76 bits per heavy atom. The van der Waals surface area contributed by atoms with E-state index < -0.39 is 0 Å². The number of hydrogen-bond acceptors (Lipinski definition) is 3. The van der Waals surface area contributed by atoms with Crippen molar-refractivity contribution in [3.8, 4) is 5.75 Å². The van der Waals surface area contributed by atoms with Crippen molar-refractivity contribution in [3.63, 3.8) is 0 Å². The number of likely N-dealkylation sites (N-methyl/N-ethyl adjacent to an activating group) is 1. The highest BCUT2D eigenvalue weighted by atomic mass is 16.5. The smallest absolute Gasteiger partial charge is 0.185 e. The lowest BCUT2D eigenvalue weighted by molar-refractivity contribution is 0.0996. The van der Waals surface area contributed by atoms with Gasteiger partial charge in [-0.05, 0) is 38.1 Å². The van der Waals surface area contributed by atoms with Gasteiger partial charge in [-0.3, -0.25) is 4.79 Å². The predicted molar refractivity (Wildman–Crippen MR) is 86.4 cm³/mol. The van der Waals surface area contributed by atoms with Crippen LogP contribution in [0, 0.1) is 6.92 Å². The summed E-state index contributed by atoms with van der Waals surface area (Å²) in [5.41, 5.74) is 2.88. The Kier molecular flexibility index (Phi) is 4.99. The second kappa shape index (κ2) is 6.93. The number of para-hydroxylation sites is 1. The molecule has 0 saturated carbocycles. The fraction of sp³-hybridized carbons (Fsp3) is 0.278. The Morgan fingerprint density at radius 3 is 2.43 bits per heavy atom. The summed E-state index contributed by atoms with van der Waals surface area (Å²) in [6, 6.07) is 15.5. The molecular weight excluding hydrogens is 262 g/mol. The van der Waals surface area contributed by atoms with Crippen molar-refractivity contribution in [1.29, 1.82) is 0 Å². The number of benzene rings is 2. The molecule has 2 aromatic carbocycles. The molecule has 110 valence electrons. The number of carbonyl (C=O) groups is 1. The van der Waals surface area contributed by atoms with E-state index in [4.69, 9.17) is 4.74 Å². The standard InChI is InChI=1S/C18H21NO2/c1-4-21-18-8-6-5-7-16(18)17(20)13-19(3)15-11-9-14(2)10-12-15/h5-12H,4,13H2,1-3H3. The summed E-state index contributed by atoms with van der Waals surface area (Å²) < 4.78 is 5.52. The molecule has 0 bridgehead atoms. The van der Waals surface area contributed by atoms with Crippen molar-refractivity contribution in [1.82, 2.24) is 0 Å². The molecule has 0 aliphatic rings. The van der Waals surface area contributed by atoms with Crippen molar-refractivity contribution < 1.29 is 9.53 Å². The Bertz CT molecular complexity index is 605. The average Bonchev–Trinajstić information content (AvgIpc) is 2.48. The zero-order valence-electron chi connectivity index (χ0n) is 12.8. The van der Waals surface area contributed by atoms with Crippen molar-refractivity contribution in [2.45, 2.75) is 13.8 Å². The monoisotopic (exact) mass is 283 g/mol. The van der Waals surface area contributed by atoms with Gasteiger partial charge in [0.15, 0.2) is 5.78 Å². The zero-order valence-corrected chi connectivity index (χ0v) is 12.8. The average molecular weight is 283 g/mol. The quantitative estimate of drug-likeness (QED) is 0.757. The number of rotatable bonds is 6. The van der Waals surface area contributed by atoms with Gasteiger partial charge in [0.25, 0.3) is 0 Å². The van der Waals surface area contributed by atoms with E-state index in [-0.39, 0.29) is 5.78 Å². The van der Waals surface area contributed by atoms with Gasteiger partial charge in [-0.15, -0.1) is 0 Å². The molecule has 0 aliphatic heterocycles. The number of nitrogens with zero attached hydrogens (tertiary/aromatic N) is 1. The van der Waals surface area contributed by atoms with E-state index in [0.717, 1.165) is 5.69 Å². The number of aryl methyl sites for hydroxylation is 1. The van der Waals surface area contributed by atoms with Crippen LogP contribution in [-0.4, -0.2) is 26.0 Å². The molecule has 0 aliphatic carbocycles. The molecule has 0 spiro atoms. The van der Waals surface area contributed by atoms with Crippen molar-refractivity contribution in [3.05, 3.63) is 59.7 Å². The molecule has 3 nitrogen and oxygen atoms in total. The molecular formula is C18H21NO2. The molecule has 0 heterocycles.